The van der Waals surface area contributed by atoms with Crippen LogP contribution in [0.5, 0.6) is 11.5 Å². The summed E-state index contributed by atoms with van der Waals surface area (Å²) >= 11 is 0. The maximum Gasteiger partial charge on any atom is 0.206 e. The van der Waals surface area contributed by atoms with Crippen molar-refractivity contribution in [1.29, 1.82) is 0 Å². The summed E-state index contributed by atoms with van der Waals surface area (Å²) in [5.41, 5.74) is 0.925. The van der Waals surface area contributed by atoms with E-state index in [-0.39, 0.29) is 11.5 Å². The molecule has 94 valence electrons. The monoisotopic (exact) mass is 239 g/mol. The summed E-state index contributed by atoms with van der Waals surface area (Å²) in [6.07, 6.45) is 3.19. The van der Waals surface area contributed by atoms with E-state index in [4.69, 9.17) is 4.74 Å². The number of phenolic OH excluding ortho intramolecular Hbond substituents is 1. The number of hydrogen-bond acceptors (Lipinski definition) is 3. The van der Waals surface area contributed by atoms with Gasteiger partial charge >= 0.3 is 0 Å². The molecule has 0 spiro atoms. The second-order valence-electron chi connectivity index (χ2n) is 4.55. The number of phenols is 1. The van der Waals surface area contributed by atoms with Crippen LogP contribution in [-0.4, -0.2) is 25.3 Å². The zero-order chi connectivity index (χ0) is 12.3. The first-order valence-corrected chi connectivity index (χ1v) is 5.97. The first-order chi connectivity index (χ1) is 8.20. The highest BCUT2D eigenvalue weighted by Crippen LogP contribution is 2.29. The lowest BCUT2D eigenvalue weighted by molar-refractivity contribution is 0.357. The van der Waals surface area contributed by atoms with Crippen LogP contribution < -0.4 is 10.1 Å². The lowest BCUT2D eigenvalue weighted by Gasteiger charge is -2.23. The van der Waals surface area contributed by atoms with Crippen molar-refractivity contribution in [1.82, 2.24) is 5.32 Å². The highest BCUT2D eigenvalue weighted by Gasteiger charge is 2.16. The SMILES string of the molecule is COc1cc(CC2CCCNC2)cc(O)c1F. The molecule has 1 atom stereocenters. The average Bonchev–Trinajstić information content (AvgIpc) is 2.35. The Hall–Kier alpha value is -1.29. The van der Waals surface area contributed by atoms with E-state index in [1.54, 1.807) is 6.07 Å². The molecule has 1 saturated heterocycles. The first kappa shape index (κ1) is 12.2. The van der Waals surface area contributed by atoms with Gasteiger partial charge in [0.2, 0.25) is 5.82 Å². The predicted octanol–water partition coefficient (Wildman–Crippen LogP) is 2.08. The normalized spacial score (nSPS) is 20.2. The number of methoxy groups -OCH3 is 1. The predicted molar refractivity (Wildman–Crippen MR) is 63.9 cm³/mol. The van der Waals surface area contributed by atoms with Gasteiger partial charge in [-0.2, -0.15) is 4.39 Å². The molecule has 3 nitrogen and oxygen atoms in total. The highest BCUT2D eigenvalue weighted by molar-refractivity contribution is 5.39. The van der Waals surface area contributed by atoms with Gasteiger partial charge in [0.05, 0.1) is 7.11 Å². The van der Waals surface area contributed by atoms with Crippen LogP contribution >= 0.6 is 0 Å². The van der Waals surface area contributed by atoms with Crippen LogP contribution in [0.4, 0.5) is 4.39 Å². The number of nitrogens with one attached hydrogen (secondary N) is 1. The third kappa shape index (κ3) is 2.88. The molecule has 0 saturated carbocycles. The molecule has 0 amide bonds. The van der Waals surface area contributed by atoms with Gasteiger partial charge in [0.25, 0.3) is 0 Å². The van der Waals surface area contributed by atoms with E-state index in [1.807, 2.05) is 0 Å². The molecule has 0 aromatic heterocycles. The number of piperidine rings is 1. The fraction of sp³-hybridized carbons (Fsp3) is 0.538. The molecule has 1 aliphatic heterocycles. The molecule has 0 bridgehead atoms. The Labute approximate surface area is 101 Å². The third-order valence-electron chi connectivity index (χ3n) is 3.22. The molecule has 2 N–H and O–H groups in total. The quantitative estimate of drug-likeness (QED) is 0.848. The van der Waals surface area contributed by atoms with E-state index in [9.17, 15) is 9.50 Å². The standard InChI is InChI=1S/C13H18FNO2/c1-17-12-7-10(6-11(16)13(12)14)5-9-3-2-4-15-8-9/h6-7,9,15-16H,2-5,8H2,1H3. The second-order valence-corrected chi connectivity index (χ2v) is 4.55. The second kappa shape index (κ2) is 5.36. The fourth-order valence-corrected chi connectivity index (χ4v) is 2.34. The molecule has 1 aliphatic rings. The Balaban J connectivity index is 2.12. The van der Waals surface area contributed by atoms with Gasteiger partial charge in [-0.05, 0) is 56.0 Å². The van der Waals surface area contributed by atoms with E-state index in [0.717, 1.165) is 25.1 Å². The van der Waals surface area contributed by atoms with Crippen LogP contribution in [0.25, 0.3) is 0 Å². The Morgan fingerprint density at radius 2 is 2.35 bits per heavy atom. The number of ether oxygens (including phenoxy) is 1. The van der Waals surface area contributed by atoms with E-state index in [2.05, 4.69) is 5.32 Å². The number of benzene rings is 1. The molecule has 1 aromatic carbocycles. The lowest BCUT2D eigenvalue weighted by Crippen LogP contribution is -2.30. The lowest BCUT2D eigenvalue weighted by atomic mass is 9.92. The highest BCUT2D eigenvalue weighted by atomic mass is 19.1. The number of halogens is 1. The van der Waals surface area contributed by atoms with E-state index < -0.39 is 5.82 Å². The minimum Gasteiger partial charge on any atom is -0.505 e. The van der Waals surface area contributed by atoms with Crippen molar-refractivity contribution in [3.8, 4) is 11.5 Å². The van der Waals surface area contributed by atoms with Crippen LogP contribution in [0.1, 0.15) is 18.4 Å². The van der Waals surface area contributed by atoms with Crippen LogP contribution in [0.15, 0.2) is 12.1 Å². The zero-order valence-electron chi connectivity index (χ0n) is 10.0. The Morgan fingerprint density at radius 3 is 3.00 bits per heavy atom. The van der Waals surface area contributed by atoms with Gasteiger partial charge in [-0.25, -0.2) is 0 Å². The molecule has 1 aromatic rings. The van der Waals surface area contributed by atoms with Crippen LogP contribution in [0.2, 0.25) is 0 Å². The summed E-state index contributed by atoms with van der Waals surface area (Å²) in [5, 5.41) is 12.8. The minimum atomic E-state index is -0.682. The molecule has 0 radical (unpaired) electrons. The average molecular weight is 239 g/mol. The van der Waals surface area contributed by atoms with Crippen LogP contribution in [0.3, 0.4) is 0 Å². The van der Waals surface area contributed by atoms with Crippen molar-refractivity contribution >= 4 is 0 Å². The maximum atomic E-state index is 13.4. The molecule has 4 heteroatoms. The van der Waals surface area contributed by atoms with Crippen molar-refractivity contribution in [2.75, 3.05) is 20.2 Å². The van der Waals surface area contributed by atoms with Crippen LogP contribution in [0, 0.1) is 11.7 Å². The first-order valence-electron chi connectivity index (χ1n) is 5.97. The molecule has 0 aliphatic carbocycles. The van der Waals surface area contributed by atoms with E-state index in [1.165, 1.54) is 26.0 Å². The fourth-order valence-electron chi connectivity index (χ4n) is 2.34. The molecule has 1 unspecified atom stereocenters. The van der Waals surface area contributed by atoms with Gasteiger partial charge in [-0.3, -0.25) is 0 Å². The van der Waals surface area contributed by atoms with Crippen molar-refractivity contribution < 1.29 is 14.2 Å². The molecule has 1 fully saturated rings. The Bertz CT molecular complexity index is 389. The van der Waals surface area contributed by atoms with E-state index in [0.29, 0.717) is 5.92 Å². The largest absolute Gasteiger partial charge is 0.505 e. The van der Waals surface area contributed by atoms with Crippen molar-refractivity contribution in [3.63, 3.8) is 0 Å². The zero-order valence-corrected chi connectivity index (χ0v) is 10.0. The van der Waals surface area contributed by atoms with Gasteiger partial charge in [-0.1, -0.05) is 0 Å². The number of rotatable bonds is 3. The van der Waals surface area contributed by atoms with Crippen molar-refractivity contribution in [2.45, 2.75) is 19.3 Å². The molecule has 2 rings (SSSR count). The minimum absolute atomic E-state index is 0.115. The number of aromatic hydroxyl groups is 1. The van der Waals surface area contributed by atoms with Gasteiger partial charge < -0.3 is 15.2 Å². The smallest absolute Gasteiger partial charge is 0.206 e. The molecule has 1 heterocycles. The summed E-state index contributed by atoms with van der Waals surface area (Å²) in [4.78, 5) is 0. The van der Waals surface area contributed by atoms with Gasteiger partial charge in [0.1, 0.15) is 0 Å². The van der Waals surface area contributed by atoms with Crippen molar-refractivity contribution in [3.05, 3.63) is 23.5 Å². The summed E-state index contributed by atoms with van der Waals surface area (Å²) in [5.74, 6) is -0.344. The molecule has 17 heavy (non-hydrogen) atoms. The molecular weight excluding hydrogens is 221 g/mol. The number of hydrogen-bond donors (Lipinski definition) is 2. The summed E-state index contributed by atoms with van der Waals surface area (Å²) in [6.45, 7) is 2.06. The Kier molecular flexibility index (Phi) is 3.84. The summed E-state index contributed by atoms with van der Waals surface area (Å²) in [7, 11) is 1.41. The topological polar surface area (TPSA) is 41.5 Å². The summed E-state index contributed by atoms with van der Waals surface area (Å²) in [6, 6.07) is 3.16. The Morgan fingerprint density at radius 1 is 1.53 bits per heavy atom. The van der Waals surface area contributed by atoms with Crippen molar-refractivity contribution in [2.24, 2.45) is 5.92 Å². The van der Waals surface area contributed by atoms with Gasteiger partial charge in [0, 0.05) is 0 Å². The molecular formula is C13H18FNO2. The van der Waals surface area contributed by atoms with Gasteiger partial charge in [0.15, 0.2) is 11.5 Å². The third-order valence-corrected chi connectivity index (χ3v) is 3.22. The summed E-state index contributed by atoms with van der Waals surface area (Å²) < 4.78 is 18.3. The van der Waals surface area contributed by atoms with Crippen LogP contribution in [-0.2, 0) is 6.42 Å². The maximum absolute atomic E-state index is 13.4. The van der Waals surface area contributed by atoms with Gasteiger partial charge in [-0.15, -0.1) is 0 Å². The van der Waals surface area contributed by atoms with E-state index >= 15 is 0 Å².